The van der Waals surface area contributed by atoms with Crippen molar-refractivity contribution in [1.82, 2.24) is 14.9 Å². The largest absolute Gasteiger partial charge is 0.478 e. The van der Waals surface area contributed by atoms with Crippen molar-refractivity contribution in [2.45, 2.75) is 13.3 Å². The Hall–Kier alpha value is -3.15. The van der Waals surface area contributed by atoms with Gasteiger partial charge in [0.15, 0.2) is 0 Å². The van der Waals surface area contributed by atoms with E-state index in [4.69, 9.17) is 5.11 Å². The lowest BCUT2D eigenvalue weighted by Gasteiger charge is -2.06. The van der Waals surface area contributed by atoms with Gasteiger partial charge in [-0.1, -0.05) is 6.07 Å². The molecule has 3 rings (SSSR count). The lowest BCUT2D eigenvalue weighted by Crippen LogP contribution is -2.26. The van der Waals surface area contributed by atoms with E-state index in [0.717, 1.165) is 22.4 Å². The highest BCUT2D eigenvalue weighted by Gasteiger charge is 2.10. The summed E-state index contributed by atoms with van der Waals surface area (Å²) < 4.78 is 2.03. The van der Waals surface area contributed by atoms with Crippen LogP contribution in [0.3, 0.4) is 0 Å². The summed E-state index contributed by atoms with van der Waals surface area (Å²) in [5, 5.41) is 11.7. The topological polar surface area (TPSA) is 84.2 Å². The molecule has 6 nitrogen and oxygen atoms in total. The van der Waals surface area contributed by atoms with Gasteiger partial charge in [-0.15, -0.1) is 0 Å². The molecule has 0 unspecified atom stereocenters. The summed E-state index contributed by atoms with van der Waals surface area (Å²) in [7, 11) is 1.96. The van der Waals surface area contributed by atoms with Crippen molar-refractivity contribution >= 4 is 22.9 Å². The second-order valence-electron chi connectivity index (χ2n) is 5.97. The predicted octanol–water partition coefficient (Wildman–Crippen LogP) is 2.55. The van der Waals surface area contributed by atoms with Crippen molar-refractivity contribution in [3.8, 4) is 0 Å². The van der Waals surface area contributed by atoms with Crippen LogP contribution in [0.5, 0.6) is 0 Å². The first kappa shape index (κ1) is 16.7. The number of benzene rings is 2. The number of carboxylic acid groups (broad SMARTS) is 1. The summed E-state index contributed by atoms with van der Waals surface area (Å²) >= 11 is 0. The normalized spacial score (nSPS) is 10.8. The molecule has 2 N–H and O–H groups in total. The molecular weight excluding hydrogens is 318 g/mol. The maximum absolute atomic E-state index is 12.1. The molecule has 0 bridgehead atoms. The quantitative estimate of drug-likeness (QED) is 0.749. The number of aryl methyl sites for hydroxylation is 2. The highest BCUT2D eigenvalue weighted by atomic mass is 16.4. The summed E-state index contributed by atoms with van der Waals surface area (Å²) in [5.74, 6) is -0.335. The number of nitrogens with zero attached hydrogens (tertiary/aromatic N) is 2. The van der Waals surface area contributed by atoms with Gasteiger partial charge in [0.25, 0.3) is 5.91 Å². The Kier molecular flexibility index (Phi) is 4.52. The number of carbonyl (C=O) groups excluding carboxylic acids is 1. The molecule has 2 aromatic carbocycles. The van der Waals surface area contributed by atoms with Crippen LogP contribution in [0.4, 0.5) is 0 Å². The maximum Gasteiger partial charge on any atom is 0.335 e. The van der Waals surface area contributed by atoms with E-state index in [1.54, 1.807) is 0 Å². The molecular formula is C19H19N3O3. The van der Waals surface area contributed by atoms with Crippen molar-refractivity contribution in [2.75, 3.05) is 6.54 Å². The average Bonchev–Trinajstić information content (AvgIpc) is 2.90. The zero-order valence-corrected chi connectivity index (χ0v) is 14.1. The first-order valence-electron chi connectivity index (χ1n) is 7.99. The number of rotatable bonds is 5. The van der Waals surface area contributed by atoms with Gasteiger partial charge in [-0.25, -0.2) is 9.78 Å². The summed E-state index contributed by atoms with van der Waals surface area (Å²) in [6.07, 6.45) is 0.614. The van der Waals surface area contributed by atoms with Crippen LogP contribution in [0.2, 0.25) is 0 Å². The minimum absolute atomic E-state index is 0.159. The minimum Gasteiger partial charge on any atom is -0.478 e. The first-order chi connectivity index (χ1) is 12.0. The third kappa shape index (κ3) is 3.52. The van der Waals surface area contributed by atoms with Crippen LogP contribution < -0.4 is 5.32 Å². The molecule has 1 heterocycles. The standard InChI is InChI=1S/C19H19N3O3/c1-12-3-8-16-15(11-12)21-17(22(16)2)9-10-20-18(23)13-4-6-14(7-5-13)19(24)25/h3-8,11H,9-10H2,1-2H3,(H,20,23)(H,24,25). The number of carbonyl (C=O) groups is 2. The van der Waals surface area contributed by atoms with E-state index in [1.165, 1.54) is 24.3 Å². The zero-order valence-electron chi connectivity index (χ0n) is 14.1. The van der Waals surface area contributed by atoms with E-state index in [-0.39, 0.29) is 11.5 Å². The number of aromatic nitrogens is 2. The van der Waals surface area contributed by atoms with Gasteiger partial charge in [-0.3, -0.25) is 4.79 Å². The van der Waals surface area contributed by atoms with Crippen molar-refractivity contribution in [2.24, 2.45) is 7.05 Å². The fraction of sp³-hybridized carbons (Fsp3) is 0.211. The molecule has 1 aromatic heterocycles. The molecule has 6 heteroatoms. The van der Waals surface area contributed by atoms with E-state index in [2.05, 4.69) is 16.4 Å². The van der Waals surface area contributed by atoms with Gasteiger partial charge in [0, 0.05) is 25.6 Å². The molecule has 0 saturated carbocycles. The maximum atomic E-state index is 12.1. The van der Waals surface area contributed by atoms with Crippen molar-refractivity contribution in [3.63, 3.8) is 0 Å². The molecule has 0 spiro atoms. The number of imidazole rings is 1. The van der Waals surface area contributed by atoms with E-state index in [1.807, 2.05) is 30.7 Å². The molecule has 3 aromatic rings. The van der Waals surface area contributed by atoms with Crippen molar-refractivity contribution in [3.05, 3.63) is 65.0 Å². The predicted molar refractivity (Wildman–Crippen MR) is 94.9 cm³/mol. The Bertz CT molecular complexity index is 942. The Balaban J connectivity index is 1.63. The highest BCUT2D eigenvalue weighted by Crippen LogP contribution is 2.16. The van der Waals surface area contributed by atoms with Gasteiger partial charge in [0.2, 0.25) is 0 Å². The molecule has 0 aliphatic heterocycles. The molecule has 0 fully saturated rings. The van der Waals surface area contributed by atoms with Crippen LogP contribution in [-0.4, -0.2) is 33.1 Å². The average molecular weight is 337 g/mol. The Morgan fingerprint density at radius 3 is 2.48 bits per heavy atom. The minimum atomic E-state index is -1.01. The van der Waals surface area contributed by atoms with E-state index < -0.39 is 5.97 Å². The van der Waals surface area contributed by atoms with Gasteiger partial charge >= 0.3 is 5.97 Å². The fourth-order valence-corrected chi connectivity index (χ4v) is 2.74. The van der Waals surface area contributed by atoms with Crippen LogP contribution in [0, 0.1) is 6.92 Å². The summed E-state index contributed by atoms with van der Waals surface area (Å²) in [5.41, 5.74) is 3.77. The van der Waals surface area contributed by atoms with Crippen molar-refractivity contribution in [1.29, 1.82) is 0 Å². The van der Waals surface area contributed by atoms with Gasteiger partial charge in [-0.05, 0) is 48.9 Å². The third-order valence-electron chi connectivity index (χ3n) is 4.16. The summed E-state index contributed by atoms with van der Waals surface area (Å²) in [6.45, 7) is 2.49. The number of carboxylic acids is 1. The molecule has 0 aliphatic rings. The van der Waals surface area contributed by atoms with E-state index in [0.29, 0.717) is 18.5 Å². The van der Waals surface area contributed by atoms with Gasteiger partial charge < -0.3 is 15.0 Å². The summed E-state index contributed by atoms with van der Waals surface area (Å²) in [4.78, 5) is 27.6. The highest BCUT2D eigenvalue weighted by molar-refractivity contribution is 5.95. The van der Waals surface area contributed by atoms with Crippen LogP contribution >= 0.6 is 0 Å². The number of fused-ring (bicyclic) bond motifs is 1. The van der Waals surface area contributed by atoms with Crippen LogP contribution in [0.1, 0.15) is 32.1 Å². The lowest BCUT2D eigenvalue weighted by molar-refractivity contribution is 0.0696. The number of aromatic carboxylic acids is 1. The summed E-state index contributed by atoms with van der Waals surface area (Å²) in [6, 6.07) is 12.0. The number of amides is 1. The number of nitrogens with one attached hydrogen (secondary N) is 1. The van der Waals surface area contributed by atoms with Gasteiger partial charge in [0.05, 0.1) is 16.6 Å². The fourth-order valence-electron chi connectivity index (χ4n) is 2.74. The second-order valence-corrected chi connectivity index (χ2v) is 5.97. The second kappa shape index (κ2) is 6.76. The molecule has 0 atom stereocenters. The van der Waals surface area contributed by atoms with Crippen LogP contribution in [0.25, 0.3) is 11.0 Å². The Morgan fingerprint density at radius 1 is 1.12 bits per heavy atom. The molecule has 25 heavy (non-hydrogen) atoms. The van der Waals surface area contributed by atoms with E-state index in [9.17, 15) is 9.59 Å². The molecule has 0 aliphatic carbocycles. The molecule has 1 amide bonds. The third-order valence-corrected chi connectivity index (χ3v) is 4.16. The molecule has 128 valence electrons. The van der Waals surface area contributed by atoms with Crippen LogP contribution in [0.15, 0.2) is 42.5 Å². The van der Waals surface area contributed by atoms with Gasteiger partial charge in [-0.2, -0.15) is 0 Å². The Morgan fingerprint density at radius 2 is 1.80 bits per heavy atom. The molecule has 0 radical (unpaired) electrons. The zero-order chi connectivity index (χ0) is 18.0. The Labute approximate surface area is 145 Å². The van der Waals surface area contributed by atoms with Gasteiger partial charge in [0.1, 0.15) is 5.82 Å². The first-order valence-corrected chi connectivity index (χ1v) is 7.99. The monoisotopic (exact) mass is 337 g/mol. The lowest BCUT2D eigenvalue weighted by atomic mass is 10.1. The number of hydrogen-bond donors (Lipinski definition) is 2. The van der Waals surface area contributed by atoms with Crippen LogP contribution in [-0.2, 0) is 13.5 Å². The SMILES string of the molecule is Cc1ccc2c(c1)nc(CCNC(=O)c1ccc(C(=O)O)cc1)n2C. The molecule has 0 saturated heterocycles. The van der Waals surface area contributed by atoms with Crippen molar-refractivity contribution < 1.29 is 14.7 Å². The number of hydrogen-bond acceptors (Lipinski definition) is 3. The van der Waals surface area contributed by atoms with E-state index >= 15 is 0 Å². The smallest absolute Gasteiger partial charge is 0.335 e.